The molecule has 0 saturated heterocycles. The normalized spacial score (nSPS) is 12.0. The van der Waals surface area contributed by atoms with Crippen LogP contribution in [0.15, 0.2) is 71.6 Å². The highest BCUT2D eigenvalue weighted by molar-refractivity contribution is 5.92. The summed E-state index contributed by atoms with van der Waals surface area (Å²) in [6.45, 7) is 2.08. The molecule has 118 valence electrons. The van der Waals surface area contributed by atoms with Gasteiger partial charge in [-0.25, -0.2) is 0 Å². The van der Waals surface area contributed by atoms with Crippen LogP contribution < -0.4 is 5.32 Å². The fourth-order valence-electron chi connectivity index (χ4n) is 2.72. The van der Waals surface area contributed by atoms with Crippen molar-refractivity contribution in [3.8, 4) is 0 Å². The van der Waals surface area contributed by atoms with Crippen LogP contribution in [0, 0.1) is 0 Å². The average molecular weight is 308 g/mol. The quantitative estimate of drug-likeness (QED) is 0.739. The first-order chi connectivity index (χ1) is 11.3. The van der Waals surface area contributed by atoms with Gasteiger partial charge in [0, 0.05) is 18.1 Å². The topological polar surface area (TPSA) is 47.2 Å². The molecule has 0 aliphatic heterocycles. The molecule has 4 nitrogen and oxygen atoms in total. The lowest BCUT2D eigenvalue weighted by Crippen LogP contribution is -2.19. The third-order valence-corrected chi connectivity index (χ3v) is 3.91. The number of amides is 1. The van der Waals surface area contributed by atoms with Crippen molar-refractivity contribution in [3.63, 3.8) is 0 Å². The van der Waals surface area contributed by atoms with Crippen LogP contribution in [-0.4, -0.2) is 10.5 Å². The Morgan fingerprint density at radius 2 is 1.91 bits per heavy atom. The van der Waals surface area contributed by atoms with E-state index in [1.165, 1.54) is 0 Å². The molecule has 1 aromatic carbocycles. The molecule has 0 radical (unpaired) electrons. The van der Waals surface area contributed by atoms with Crippen LogP contribution in [0.2, 0.25) is 0 Å². The summed E-state index contributed by atoms with van der Waals surface area (Å²) in [6, 6.07) is 15.4. The number of nitrogens with one attached hydrogen (secondary N) is 1. The second-order valence-corrected chi connectivity index (χ2v) is 5.42. The SMILES string of the molecule is CCc1ccccc1NC(=O)C[C@H](c1ccco1)n1cccc1. The van der Waals surface area contributed by atoms with Crippen molar-refractivity contribution in [1.82, 2.24) is 4.57 Å². The largest absolute Gasteiger partial charge is 0.467 e. The van der Waals surface area contributed by atoms with Gasteiger partial charge in [-0.1, -0.05) is 25.1 Å². The molecule has 4 heteroatoms. The first-order valence-corrected chi connectivity index (χ1v) is 7.81. The van der Waals surface area contributed by atoms with Gasteiger partial charge in [0.1, 0.15) is 5.76 Å². The number of furan rings is 1. The van der Waals surface area contributed by atoms with Crippen molar-refractivity contribution in [2.24, 2.45) is 0 Å². The van der Waals surface area contributed by atoms with Gasteiger partial charge in [0.15, 0.2) is 0 Å². The predicted octanol–water partition coefficient (Wildman–Crippen LogP) is 4.26. The number of anilines is 1. The van der Waals surface area contributed by atoms with Gasteiger partial charge in [-0.3, -0.25) is 4.79 Å². The smallest absolute Gasteiger partial charge is 0.226 e. The highest BCUT2D eigenvalue weighted by Gasteiger charge is 2.20. The summed E-state index contributed by atoms with van der Waals surface area (Å²) in [5.41, 5.74) is 2.02. The summed E-state index contributed by atoms with van der Waals surface area (Å²) >= 11 is 0. The highest BCUT2D eigenvalue weighted by Crippen LogP contribution is 2.24. The maximum Gasteiger partial charge on any atom is 0.226 e. The highest BCUT2D eigenvalue weighted by atomic mass is 16.3. The summed E-state index contributed by atoms with van der Waals surface area (Å²) < 4.78 is 7.50. The zero-order valence-corrected chi connectivity index (χ0v) is 13.1. The number of carbonyl (C=O) groups is 1. The molecular formula is C19H20N2O2. The van der Waals surface area contributed by atoms with E-state index in [9.17, 15) is 4.79 Å². The van der Waals surface area contributed by atoms with Crippen LogP contribution in [0.25, 0.3) is 0 Å². The Bertz CT molecular complexity index is 711. The maximum atomic E-state index is 12.5. The fourth-order valence-corrected chi connectivity index (χ4v) is 2.72. The van der Waals surface area contributed by atoms with Gasteiger partial charge in [-0.05, 0) is 42.3 Å². The molecule has 2 heterocycles. The minimum absolute atomic E-state index is 0.0269. The van der Waals surface area contributed by atoms with Crippen LogP contribution in [0.4, 0.5) is 5.69 Å². The second kappa shape index (κ2) is 7.01. The second-order valence-electron chi connectivity index (χ2n) is 5.42. The lowest BCUT2D eigenvalue weighted by Gasteiger charge is -2.17. The molecule has 1 N–H and O–H groups in total. The Hall–Kier alpha value is -2.75. The first-order valence-electron chi connectivity index (χ1n) is 7.81. The summed E-state index contributed by atoms with van der Waals surface area (Å²) in [5.74, 6) is 0.751. The van der Waals surface area contributed by atoms with Crippen LogP contribution >= 0.6 is 0 Å². The Balaban J connectivity index is 1.77. The van der Waals surface area contributed by atoms with E-state index in [4.69, 9.17) is 4.42 Å². The summed E-state index contributed by atoms with van der Waals surface area (Å²) in [7, 11) is 0. The van der Waals surface area contributed by atoms with Crippen LogP contribution in [-0.2, 0) is 11.2 Å². The van der Waals surface area contributed by atoms with E-state index in [1.807, 2.05) is 65.5 Å². The van der Waals surface area contributed by atoms with Crippen LogP contribution in [0.5, 0.6) is 0 Å². The molecule has 23 heavy (non-hydrogen) atoms. The number of nitrogens with zero attached hydrogens (tertiary/aromatic N) is 1. The van der Waals surface area contributed by atoms with Crippen LogP contribution in [0.1, 0.15) is 30.7 Å². The zero-order valence-electron chi connectivity index (χ0n) is 13.1. The molecule has 0 saturated carbocycles. The van der Waals surface area contributed by atoms with Gasteiger partial charge in [0.2, 0.25) is 5.91 Å². The Labute approximate surface area is 135 Å². The summed E-state index contributed by atoms with van der Waals surface area (Å²) in [5, 5.41) is 3.02. The minimum Gasteiger partial charge on any atom is -0.467 e. The van der Waals surface area contributed by atoms with Gasteiger partial charge < -0.3 is 14.3 Å². The van der Waals surface area contributed by atoms with E-state index in [0.29, 0.717) is 6.42 Å². The van der Waals surface area contributed by atoms with Crippen molar-refractivity contribution in [3.05, 3.63) is 78.5 Å². The number of hydrogen-bond acceptors (Lipinski definition) is 2. The molecule has 1 atom stereocenters. The minimum atomic E-state index is -0.145. The number of aromatic nitrogens is 1. The van der Waals surface area contributed by atoms with Crippen LogP contribution in [0.3, 0.4) is 0 Å². The van der Waals surface area contributed by atoms with Gasteiger partial charge >= 0.3 is 0 Å². The van der Waals surface area contributed by atoms with Gasteiger partial charge in [-0.2, -0.15) is 0 Å². The van der Waals surface area contributed by atoms with Gasteiger partial charge in [0.05, 0.1) is 18.7 Å². The van der Waals surface area contributed by atoms with Crippen molar-refractivity contribution in [2.45, 2.75) is 25.8 Å². The summed E-state index contributed by atoms with van der Waals surface area (Å²) in [6.07, 6.45) is 6.73. The summed E-state index contributed by atoms with van der Waals surface area (Å²) in [4.78, 5) is 12.5. The van der Waals surface area contributed by atoms with Gasteiger partial charge in [0.25, 0.3) is 0 Å². The van der Waals surface area contributed by atoms with E-state index in [1.54, 1.807) is 6.26 Å². The number of para-hydroxylation sites is 1. The predicted molar refractivity (Wildman–Crippen MR) is 90.3 cm³/mol. The molecule has 1 amide bonds. The molecule has 3 aromatic rings. The molecule has 0 bridgehead atoms. The maximum absolute atomic E-state index is 12.5. The number of rotatable bonds is 6. The third-order valence-electron chi connectivity index (χ3n) is 3.91. The Kier molecular flexibility index (Phi) is 4.62. The van der Waals surface area contributed by atoms with Crippen molar-refractivity contribution in [1.29, 1.82) is 0 Å². The average Bonchev–Trinajstić information content (AvgIpc) is 3.27. The molecule has 0 aliphatic carbocycles. The molecule has 0 aliphatic rings. The molecular weight excluding hydrogens is 288 g/mol. The Morgan fingerprint density at radius 3 is 2.61 bits per heavy atom. The number of hydrogen-bond donors (Lipinski definition) is 1. The lowest BCUT2D eigenvalue weighted by atomic mass is 10.1. The molecule has 2 aromatic heterocycles. The van der Waals surface area contributed by atoms with Crippen molar-refractivity contribution >= 4 is 11.6 Å². The fraction of sp³-hybridized carbons (Fsp3) is 0.211. The van der Waals surface area contributed by atoms with E-state index < -0.39 is 0 Å². The molecule has 3 rings (SSSR count). The van der Waals surface area contributed by atoms with E-state index in [0.717, 1.165) is 23.4 Å². The van der Waals surface area contributed by atoms with Gasteiger partial charge in [-0.15, -0.1) is 0 Å². The van der Waals surface area contributed by atoms with Crippen molar-refractivity contribution in [2.75, 3.05) is 5.32 Å². The number of aryl methyl sites for hydroxylation is 1. The van der Waals surface area contributed by atoms with Crippen molar-refractivity contribution < 1.29 is 9.21 Å². The third kappa shape index (κ3) is 3.54. The molecule has 0 fully saturated rings. The zero-order chi connectivity index (χ0) is 16.1. The molecule has 0 unspecified atom stereocenters. The lowest BCUT2D eigenvalue weighted by molar-refractivity contribution is -0.116. The Morgan fingerprint density at radius 1 is 1.13 bits per heavy atom. The number of benzene rings is 1. The van der Waals surface area contributed by atoms with E-state index >= 15 is 0 Å². The number of carbonyl (C=O) groups excluding carboxylic acids is 1. The first kappa shape index (κ1) is 15.2. The van der Waals surface area contributed by atoms with E-state index in [-0.39, 0.29) is 11.9 Å². The monoisotopic (exact) mass is 308 g/mol. The molecule has 0 spiro atoms. The van der Waals surface area contributed by atoms with E-state index in [2.05, 4.69) is 12.2 Å². The standard InChI is InChI=1S/C19H20N2O2/c1-2-15-8-3-4-9-16(15)20-19(22)14-17(18-10-7-13-23-18)21-11-5-6-12-21/h3-13,17H,2,14H2,1H3,(H,20,22)/t17-/m1/s1.